The molecule has 0 unspecified atom stereocenters. The van der Waals surface area contributed by atoms with Crippen molar-refractivity contribution in [3.05, 3.63) is 29.8 Å². The summed E-state index contributed by atoms with van der Waals surface area (Å²) in [6, 6.07) is 6.32. The van der Waals surface area contributed by atoms with Gasteiger partial charge in [-0.15, -0.1) is 0 Å². The zero-order chi connectivity index (χ0) is 10.6. The van der Waals surface area contributed by atoms with Crippen molar-refractivity contribution in [1.82, 2.24) is 0 Å². The number of halogens is 1. The Balaban J connectivity index is 3.02. The molecule has 5 heteroatoms. The minimum absolute atomic E-state index is 0.185. The minimum Gasteiger partial charge on any atom is -0.426 e. The second-order valence-electron chi connectivity index (χ2n) is 2.45. The summed E-state index contributed by atoms with van der Waals surface area (Å²) in [5.74, 6) is -0.911. The van der Waals surface area contributed by atoms with Gasteiger partial charge in [-0.25, -0.2) is 4.79 Å². The van der Waals surface area contributed by atoms with Gasteiger partial charge < -0.3 is 8.57 Å². The van der Waals surface area contributed by atoms with Gasteiger partial charge in [0.2, 0.25) is 0 Å². The van der Waals surface area contributed by atoms with Gasteiger partial charge in [0.1, 0.15) is 11.3 Å². The molecular formula is C9H7BrO4. The van der Waals surface area contributed by atoms with Gasteiger partial charge in [-0.3, -0.25) is 4.79 Å². The van der Waals surface area contributed by atoms with Crippen LogP contribution in [-0.4, -0.2) is 11.9 Å². The van der Waals surface area contributed by atoms with Crippen LogP contribution >= 0.6 is 16.3 Å². The molecule has 4 nitrogen and oxygen atoms in total. The predicted octanol–water partition coefficient (Wildman–Crippen LogP) is 2.08. The Morgan fingerprint density at radius 3 is 2.50 bits per heavy atom. The Bertz CT molecular complexity index is 362. The lowest BCUT2D eigenvalue weighted by Gasteiger charge is -2.05. The highest BCUT2D eigenvalue weighted by Gasteiger charge is 2.13. The molecule has 0 fully saturated rings. The van der Waals surface area contributed by atoms with E-state index < -0.39 is 11.9 Å². The van der Waals surface area contributed by atoms with Gasteiger partial charge in [0.05, 0.1) is 0 Å². The lowest BCUT2D eigenvalue weighted by atomic mass is 10.2. The number of carbonyl (C=O) groups is 2. The van der Waals surface area contributed by atoms with Crippen LogP contribution in [0.4, 0.5) is 0 Å². The fourth-order valence-corrected chi connectivity index (χ4v) is 1.10. The van der Waals surface area contributed by atoms with E-state index in [9.17, 15) is 9.59 Å². The summed E-state index contributed by atoms with van der Waals surface area (Å²) < 4.78 is 9.15. The van der Waals surface area contributed by atoms with Crippen LogP contribution < -0.4 is 4.74 Å². The minimum atomic E-state index is -0.609. The second kappa shape index (κ2) is 4.76. The van der Waals surface area contributed by atoms with Crippen molar-refractivity contribution in [3.63, 3.8) is 0 Å². The third-order valence-corrected chi connectivity index (χ3v) is 1.72. The van der Waals surface area contributed by atoms with Crippen LogP contribution in [0.2, 0.25) is 0 Å². The average Bonchev–Trinajstić information content (AvgIpc) is 2.16. The van der Waals surface area contributed by atoms with Crippen molar-refractivity contribution in [2.75, 3.05) is 0 Å². The largest absolute Gasteiger partial charge is 0.426 e. The van der Waals surface area contributed by atoms with Crippen LogP contribution in [0.15, 0.2) is 24.3 Å². The highest BCUT2D eigenvalue weighted by Crippen LogP contribution is 2.19. The molecule has 0 spiro atoms. The van der Waals surface area contributed by atoms with E-state index in [1.165, 1.54) is 19.1 Å². The van der Waals surface area contributed by atoms with Crippen LogP contribution in [0.3, 0.4) is 0 Å². The fourth-order valence-electron chi connectivity index (χ4n) is 0.921. The summed E-state index contributed by atoms with van der Waals surface area (Å²) in [4.78, 5) is 21.8. The Labute approximate surface area is 89.3 Å². The van der Waals surface area contributed by atoms with E-state index in [4.69, 9.17) is 4.74 Å². The van der Waals surface area contributed by atoms with E-state index in [0.717, 1.165) is 0 Å². The molecule has 0 saturated carbocycles. The van der Waals surface area contributed by atoms with Gasteiger partial charge in [-0.1, -0.05) is 12.1 Å². The van der Waals surface area contributed by atoms with Gasteiger partial charge in [0, 0.05) is 6.92 Å². The Morgan fingerprint density at radius 1 is 1.29 bits per heavy atom. The lowest BCUT2D eigenvalue weighted by molar-refractivity contribution is -0.131. The molecule has 1 aromatic rings. The standard InChI is InChI=1S/C9H7BrO4/c1-6(11)13-8-5-3-2-4-7(8)9(12)14-10/h2-5H,1H3. The van der Waals surface area contributed by atoms with Gasteiger partial charge in [0.25, 0.3) is 0 Å². The molecule has 0 aliphatic rings. The fraction of sp³-hybridized carbons (Fsp3) is 0.111. The predicted molar refractivity (Wildman–Crippen MR) is 52.1 cm³/mol. The first-order chi connectivity index (χ1) is 6.65. The molecule has 1 rings (SSSR count). The first-order valence-corrected chi connectivity index (χ1v) is 4.40. The second-order valence-corrected chi connectivity index (χ2v) is 2.78. The van der Waals surface area contributed by atoms with Crippen molar-refractivity contribution in [1.29, 1.82) is 0 Å². The summed E-state index contributed by atoms with van der Waals surface area (Å²) in [5, 5.41) is 0. The number of rotatable bonds is 2. The van der Waals surface area contributed by atoms with E-state index in [-0.39, 0.29) is 11.3 Å². The zero-order valence-electron chi connectivity index (χ0n) is 7.32. The van der Waals surface area contributed by atoms with Gasteiger partial charge in [-0.05, 0) is 12.1 Å². The van der Waals surface area contributed by atoms with Gasteiger partial charge in [0.15, 0.2) is 16.3 Å². The van der Waals surface area contributed by atoms with E-state index >= 15 is 0 Å². The Hall–Kier alpha value is -1.36. The number of hydrogen-bond acceptors (Lipinski definition) is 4. The quantitative estimate of drug-likeness (QED) is 0.602. The maximum Gasteiger partial charge on any atom is 0.353 e. The number of ether oxygens (including phenoxy) is 1. The van der Waals surface area contributed by atoms with Crippen molar-refractivity contribution in [2.24, 2.45) is 0 Å². The van der Waals surface area contributed by atoms with Gasteiger partial charge in [-0.2, -0.15) is 0 Å². The van der Waals surface area contributed by atoms with Crippen molar-refractivity contribution in [2.45, 2.75) is 6.92 Å². The molecule has 0 bridgehead atoms. The number of carbonyl (C=O) groups excluding carboxylic acids is 2. The monoisotopic (exact) mass is 258 g/mol. The van der Waals surface area contributed by atoms with Crippen LogP contribution in [0.5, 0.6) is 5.75 Å². The third-order valence-electron chi connectivity index (χ3n) is 1.43. The molecule has 0 atom stereocenters. The molecule has 0 heterocycles. The van der Waals surface area contributed by atoms with Crippen molar-refractivity contribution in [3.8, 4) is 5.75 Å². The first-order valence-electron chi connectivity index (χ1n) is 3.75. The number of esters is 1. The molecule has 0 aliphatic carbocycles. The number of para-hydroxylation sites is 1. The summed E-state index contributed by atoms with van der Waals surface area (Å²) in [6.45, 7) is 1.26. The van der Waals surface area contributed by atoms with Crippen LogP contribution in [-0.2, 0) is 8.62 Å². The molecule has 74 valence electrons. The molecule has 0 N–H and O–H groups in total. The van der Waals surface area contributed by atoms with E-state index in [2.05, 4.69) is 20.1 Å². The van der Waals surface area contributed by atoms with Crippen molar-refractivity contribution < 1.29 is 18.2 Å². The molecule has 0 aromatic heterocycles. The van der Waals surface area contributed by atoms with Crippen LogP contribution in [0.1, 0.15) is 17.3 Å². The number of benzene rings is 1. The summed E-state index contributed by atoms with van der Waals surface area (Å²) in [7, 11) is 0. The third kappa shape index (κ3) is 2.56. The van der Waals surface area contributed by atoms with E-state index in [1.54, 1.807) is 12.1 Å². The van der Waals surface area contributed by atoms with Crippen LogP contribution in [0, 0.1) is 0 Å². The van der Waals surface area contributed by atoms with E-state index in [0.29, 0.717) is 0 Å². The summed E-state index contributed by atoms with van der Waals surface area (Å²) >= 11 is 2.56. The zero-order valence-corrected chi connectivity index (χ0v) is 8.91. The highest BCUT2D eigenvalue weighted by molar-refractivity contribution is 9.06. The SMILES string of the molecule is CC(=O)Oc1ccccc1C(=O)OBr. The lowest BCUT2D eigenvalue weighted by Crippen LogP contribution is -2.07. The molecule has 0 radical (unpaired) electrons. The summed E-state index contributed by atoms with van der Waals surface area (Å²) in [5.41, 5.74) is 0.194. The maximum atomic E-state index is 11.2. The average molecular weight is 259 g/mol. The van der Waals surface area contributed by atoms with Crippen molar-refractivity contribution >= 4 is 28.2 Å². The smallest absolute Gasteiger partial charge is 0.353 e. The molecule has 0 aliphatic heterocycles. The normalized spacial score (nSPS) is 9.29. The number of hydrogen-bond donors (Lipinski definition) is 0. The first kappa shape index (κ1) is 10.7. The van der Waals surface area contributed by atoms with E-state index in [1.807, 2.05) is 0 Å². The molecule has 14 heavy (non-hydrogen) atoms. The molecule has 1 aromatic carbocycles. The van der Waals surface area contributed by atoms with Crippen LogP contribution in [0.25, 0.3) is 0 Å². The highest BCUT2D eigenvalue weighted by atomic mass is 79.9. The molecule has 0 saturated heterocycles. The topological polar surface area (TPSA) is 52.6 Å². The summed E-state index contributed by atoms with van der Waals surface area (Å²) in [6.07, 6.45) is 0. The molecule has 0 amide bonds. The maximum absolute atomic E-state index is 11.2. The van der Waals surface area contributed by atoms with Gasteiger partial charge >= 0.3 is 11.9 Å². The Kier molecular flexibility index (Phi) is 3.64. The Morgan fingerprint density at radius 2 is 1.93 bits per heavy atom. The molecular weight excluding hydrogens is 252 g/mol.